The lowest BCUT2D eigenvalue weighted by atomic mass is 10.0. The predicted octanol–water partition coefficient (Wildman–Crippen LogP) is 5.00. The number of aromatic nitrogens is 1. The van der Waals surface area contributed by atoms with Crippen molar-refractivity contribution in [2.75, 3.05) is 5.75 Å². The SMILES string of the molecule is Cc1nc(SCC(=O)NC(C)c2ccc3ccccc3c2)c(C#N)c(C)c1C. The summed E-state index contributed by atoms with van der Waals surface area (Å²) < 4.78 is 0. The molecule has 5 heteroatoms. The molecule has 142 valence electrons. The highest BCUT2D eigenvalue weighted by atomic mass is 32.2. The van der Waals surface area contributed by atoms with Crippen molar-refractivity contribution in [3.63, 3.8) is 0 Å². The molecule has 0 fully saturated rings. The van der Waals surface area contributed by atoms with Gasteiger partial charge in [0.05, 0.1) is 17.4 Å². The van der Waals surface area contributed by atoms with Gasteiger partial charge >= 0.3 is 0 Å². The van der Waals surface area contributed by atoms with Crippen LogP contribution in [-0.2, 0) is 4.79 Å². The van der Waals surface area contributed by atoms with E-state index in [1.165, 1.54) is 17.1 Å². The first kappa shape index (κ1) is 19.9. The minimum absolute atomic E-state index is 0.0766. The molecule has 1 amide bonds. The Morgan fingerprint density at radius 3 is 2.57 bits per heavy atom. The van der Waals surface area contributed by atoms with Crippen LogP contribution < -0.4 is 5.32 Å². The third-order valence-electron chi connectivity index (χ3n) is 5.07. The molecule has 0 saturated heterocycles. The molecule has 1 N–H and O–H groups in total. The van der Waals surface area contributed by atoms with Crippen molar-refractivity contribution in [3.8, 4) is 6.07 Å². The Labute approximate surface area is 170 Å². The van der Waals surface area contributed by atoms with E-state index in [0.29, 0.717) is 10.6 Å². The highest BCUT2D eigenvalue weighted by Gasteiger charge is 2.15. The average molecular weight is 390 g/mol. The van der Waals surface area contributed by atoms with Crippen LogP contribution in [0, 0.1) is 32.1 Å². The number of amides is 1. The summed E-state index contributed by atoms with van der Waals surface area (Å²) in [5.41, 5.74) is 4.47. The van der Waals surface area contributed by atoms with Crippen LogP contribution in [0.4, 0.5) is 0 Å². The van der Waals surface area contributed by atoms with E-state index in [4.69, 9.17) is 0 Å². The number of nitrogens with one attached hydrogen (secondary N) is 1. The van der Waals surface area contributed by atoms with Crippen LogP contribution in [0.5, 0.6) is 0 Å². The molecule has 4 nitrogen and oxygen atoms in total. The Morgan fingerprint density at radius 2 is 1.86 bits per heavy atom. The second-order valence-electron chi connectivity index (χ2n) is 6.92. The molecule has 0 aliphatic carbocycles. The van der Waals surface area contributed by atoms with Gasteiger partial charge in [0.15, 0.2) is 0 Å². The van der Waals surface area contributed by atoms with E-state index in [9.17, 15) is 10.1 Å². The van der Waals surface area contributed by atoms with E-state index < -0.39 is 0 Å². The van der Waals surface area contributed by atoms with Crippen LogP contribution in [0.3, 0.4) is 0 Å². The largest absolute Gasteiger partial charge is 0.349 e. The molecule has 0 saturated carbocycles. The smallest absolute Gasteiger partial charge is 0.230 e. The molecular weight excluding hydrogens is 366 g/mol. The molecular formula is C23H23N3OS. The van der Waals surface area contributed by atoms with Gasteiger partial charge in [0, 0.05) is 5.69 Å². The van der Waals surface area contributed by atoms with E-state index in [0.717, 1.165) is 27.8 Å². The molecule has 0 aliphatic rings. The second-order valence-corrected chi connectivity index (χ2v) is 7.89. The fraction of sp³-hybridized carbons (Fsp3) is 0.261. The normalized spacial score (nSPS) is 11.8. The Hall–Kier alpha value is -2.84. The lowest BCUT2D eigenvalue weighted by Gasteiger charge is -2.15. The maximum Gasteiger partial charge on any atom is 0.230 e. The van der Waals surface area contributed by atoms with E-state index >= 15 is 0 Å². The fourth-order valence-corrected chi connectivity index (χ4v) is 4.02. The molecule has 1 aromatic heterocycles. The summed E-state index contributed by atoms with van der Waals surface area (Å²) in [4.78, 5) is 17.0. The number of hydrogen-bond acceptors (Lipinski definition) is 4. The molecule has 3 aromatic rings. The van der Waals surface area contributed by atoms with Crippen LogP contribution in [-0.4, -0.2) is 16.6 Å². The monoisotopic (exact) mass is 389 g/mol. The molecule has 0 spiro atoms. The number of hydrogen-bond donors (Lipinski definition) is 1. The summed E-state index contributed by atoms with van der Waals surface area (Å²) in [6.45, 7) is 7.79. The van der Waals surface area contributed by atoms with Gasteiger partial charge in [0.25, 0.3) is 0 Å². The molecule has 1 atom stereocenters. The van der Waals surface area contributed by atoms with Gasteiger partial charge in [0.2, 0.25) is 5.91 Å². The maximum absolute atomic E-state index is 12.5. The fourth-order valence-electron chi connectivity index (χ4n) is 3.12. The third-order valence-corrected chi connectivity index (χ3v) is 6.04. The summed E-state index contributed by atoms with van der Waals surface area (Å²) in [5, 5.41) is 15.5. The van der Waals surface area contributed by atoms with Crippen LogP contribution in [0.25, 0.3) is 10.8 Å². The maximum atomic E-state index is 12.5. The summed E-state index contributed by atoms with van der Waals surface area (Å²) in [6.07, 6.45) is 0. The number of fused-ring (bicyclic) bond motifs is 1. The molecule has 1 unspecified atom stereocenters. The van der Waals surface area contributed by atoms with Gasteiger partial charge in [-0.15, -0.1) is 0 Å². The van der Waals surface area contributed by atoms with Gasteiger partial charge < -0.3 is 5.32 Å². The first-order valence-electron chi connectivity index (χ1n) is 9.19. The Balaban J connectivity index is 1.68. The number of rotatable bonds is 5. The minimum Gasteiger partial charge on any atom is -0.349 e. The van der Waals surface area contributed by atoms with Crippen LogP contribution >= 0.6 is 11.8 Å². The van der Waals surface area contributed by atoms with Crippen molar-refractivity contribution in [1.82, 2.24) is 10.3 Å². The minimum atomic E-state index is -0.0948. The van der Waals surface area contributed by atoms with Crippen LogP contribution in [0.1, 0.15) is 40.9 Å². The van der Waals surface area contributed by atoms with Crippen molar-refractivity contribution in [3.05, 3.63) is 70.4 Å². The van der Waals surface area contributed by atoms with E-state index in [2.05, 4.69) is 40.6 Å². The zero-order valence-electron chi connectivity index (χ0n) is 16.5. The first-order chi connectivity index (χ1) is 13.4. The van der Waals surface area contributed by atoms with Crippen molar-refractivity contribution in [1.29, 1.82) is 5.26 Å². The van der Waals surface area contributed by atoms with Gasteiger partial charge in [-0.25, -0.2) is 4.98 Å². The Morgan fingerprint density at radius 1 is 1.14 bits per heavy atom. The topological polar surface area (TPSA) is 65.8 Å². The van der Waals surface area contributed by atoms with E-state index in [-0.39, 0.29) is 17.7 Å². The van der Waals surface area contributed by atoms with E-state index in [1.54, 1.807) is 0 Å². The quantitative estimate of drug-likeness (QED) is 0.624. The van der Waals surface area contributed by atoms with Gasteiger partial charge in [-0.3, -0.25) is 4.79 Å². The highest BCUT2D eigenvalue weighted by molar-refractivity contribution is 8.00. The van der Waals surface area contributed by atoms with Crippen LogP contribution in [0.15, 0.2) is 47.5 Å². The summed E-state index contributed by atoms with van der Waals surface area (Å²) in [6, 6.07) is 16.5. The highest BCUT2D eigenvalue weighted by Crippen LogP contribution is 2.26. The molecule has 0 bridgehead atoms. The molecule has 0 aliphatic heterocycles. The number of thioether (sulfide) groups is 1. The summed E-state index contributed by atoms with van der Waals surface area (Å²) in [7, 11) is 0. The summed E-state index contributed by atoms with van der Waals surface area (Å²) in [5.74, 6) is 0.147. The predicted molar refractivity (Wildman–Crippen MR) is 114 cm³/mol. The molecule has 3 rings (SSSR count). The first-order valence-corrected chi connectivity index (χ1v) is 10.2. The molecule has 0 radical (unpaired) electrons. The average Bonchev–Trinajstić information content (AvgIpc) is 2.70. The van der Waals surface area contributed by atoms with E-state index in [1.807, 2.05) is 45.9 Å². The standard InChI is InChI=1S/C23H23N3OS/c1-14-15(2)21(12-24)23(26-16(14)3)28-13-22(27)25-17(4)19-10-9-18-7-5-6-8-20(18)11-19/h5-11,17H,13H2,1-4H3,(H,25,27). The number of aryl methyl sites for hydroxylation is 1. The zero-order valence-corrected chi connectivity index (χ0v) is 17.4. The number of carbonyl (C=O) groups excluding carboxylic acids is 1. The van der Waals surface area contributed by atoms with Crippen molar-refractivity contribution < 1.29 is 4.79 Å². The number of nitrogens with zero attached hydrogens (tertiary/aromatic N) is 2. The lowest BCUT2D eigenvalue weighted by Crippen LogP contribution is -2.28. The molecule has 28 heavy (non-hydrogen) atoms. The van der Waals surface area contributed by atoms with Crippen molar-refractivity contribution in [2.24, 2.45) is 0 Å². The second kappa shape index (κ2) is 8.45. The Bertz CT molecular complexity index is 1090. The van der Waals surface area contributed by atoms with Crippen LogP contribution in [0.2, 0.25) is 0 Å². The molecule has 2 aromatic carbocycles. The zero-order chi connectivity index (χ0) is 20.3. The lowest BCUT2D eigenvalue weighted by molar-refractivity contribution is -0.119. The number of nitriles is 1. The van der Waals surface area contributed by atoms with Gasteiger partial charge in [0.1, 0.15) is 11.1 Å². The third kappa shape index (κ3) is 4.18. The molecule has 1 heterocycles. The van der Waals surface area contributed by atoms with Gasteiger partial charge in [-0.2, -0.15) is 5.26 Å². The Kier molecular flexibility index (Phi) is 6.01. The number of benzene rings is 2. The van der Waals surface area contributed by atoms with Crippen molar-refractivity contribution >= 4 is 28.4 Å². The number of pyridine rings is 1. The number of carbonyl (C=O) groups is 1. The van der Waals surface area contributed by atoms with Gasteiger partial charge in [-0.1, -0.05) is 48.2 Å². The van der Waals surface area contributed by atoms with Crippen molar-refractivity contribution in [2.45, 2.75) is 38.8 Å². The summed E-state index contributed by atoms with van der Waals surface area (Å²) >= 11 is 1.31. The van der Waals surface area contributed by atoms with Gasteiger partial charge in [-0.05, 0) is 61.2 Å².